The SMILES string of the molecule is NCCN1CCC(Nc2nc3ccccc3n2Cc2ccc3ccccc3n2)CC1. The summed E-state index contributed by atoms with van der Waals surface area (Å²) < 4.78 is 2.26. The zero-order valence-corrected chi connectivity index (χ0v) is 17.2. The van der Waals surface area contributed by atoms with E-state index in [4.69, 9.17) is 15.7 Å². The predicted molar refractivity (Wildman–Crippen MR) is 123 cm³/mol. The average molecular weight is 401 g/mol. The molecule has 4 aromatic rings. The number of aromatic nitrogens is 3. The lowest BCUT2D eigenvalue weighted by Crippen LogP contribution is -2.41. The number of imidazole rings is 1. The van der Waals surface area contributed by atoms with Crippen molar-refractivity contribution >= 4 is 27.9 Å². The number of pyridine rings is 1. The lowest BCUT2D eigenvalue weighted by Gasteiger charge is -2.32. The lowest BCUT2D eigenvalue weighted by atomic mass is 10.1. The summed E-state index contributed by atoms with van der Waals surface area (Å²) in [5, 5.41) is 4.89. The van der Waals surface area contributed by atoms with Crippen LogP contribution in [0.5, 0.6) is 0 Å². The fourth-order valence-electron chi connectivity index (χ4n) is 4.37. The Kier molecular flexibility index (Phi) is 5.34. The van der Waals surface area contributed by atoms with Crippen molar-refractivity contribution in [2.24, 2.45) is 5.73 Å². The molecule has 2 aromatic carbocycles. The molecule has 5 rings (SSSR count). The Bertz CT molecular complexity index is 1140. The summed E-state index contributed by atoms with van der Waals surface area (Å²) in [7, 11) is 0. The Morgan fingerprint density at radius 3 is 2.50 bits per heavy atom. The first-order chi connectivity index (χ1) is 14.8. The molecule has 0 bridgehead atoms. The first-order valence-corrected chi connectivity index (χ1v) is 10.8. The Labute approximate surface area is 176 Å². The number of nitrogens with two attached hydrogens (primary N) is 1. The Balaban J connectivity index is 1.42. The van der Waals surface area contributed by atoms with Crippen molar-refractivity contribution in [2.75, 3.05) is 31.5 Å². The van der Waals surface area contributed by atoms with Crippen LogP contribution < -0.4 is 11.1 Å². The Hall–Kier alpha value is -2.96. The molecular weight excluding hydrogens is 372 g/mol. The number of nitrogens with zero attached hydrogens (tertiary/aromatic N) is 4. The molecule has 154 valence electrons. The summed E-state index contributed by atoms with van der Waals surface area (Å²) >= 11 is 0. The van der Waals surface area contributed by atoms with Crippen molar-refractivity contribution in [3.63, 3.8) is 0 Å². The number of hydrogen-bond acceptors (Lipinski definition) is 5. The molecule has 0 amide bonds. The summed E-state index contributed by atoms with van der Waals surface area (Å²) in [6.45, 7) is 4.58. The van der Waals surface area contributed by atoms with Crippen LogP contribution in [-0.2, 0) is 6.54 Å². The van der Waals surface area contributed by atoms with Crippen molar-refractivity contribution in [1.29, 1.82) is 0 Å². The molecule has 3 heterocycles. The molecular formula is C24H28N6. The van der Waals surface area contributed by atoms with Crippen LogP contribution >= 0.6 is 0 Å². The molecule has 0 aliphatic carbocycles. The first kappa shape index (κ1) is 19.0. The van der Waals surface area contributed by atoms with Crippen molar-refractivity contribution < 1.29 is 0 Å². The monoisotopic (exact) mass is 400 g/mol. The van der Waals surface area contributed by atoms with Gasteiger partial charge in [-0.15, -0.1) is 0 Å². The van der Waals surface area contributed by atoms with Gasteiger partial charge >= 0.3 is 0 Å². The molecule has 0 saturated carbocycles. The number of hydrogen-bond donors (Lipinski definition) is 2. The first-order valence-electron chi connectivity index (χ1n) is 10.8. The number of para-hydroxylation sites is 3. The van der Waals surface area contributed by atoms with Crippen LogP contribution in [0, 0.1) is 0 Å². The van der Waals surface area contributed by atoms with Crippen molar-refractivity contribution in [2.45, 2.75) is 25.4 Å². The van der Waals surface area contributed by atoms with E-state index < -0.39 is 0 Å². The Morgan fingerprint density at radius 1 is 0.900 bits per heavy atom. The molecule has 0 unspecified atom stereocenters. The normalized spacial score (nSPS) is 15.8. The second kappa shape index (κ2) is 8.42. The second-order valence-electron chi connectivity index (χ2n) is 8.05. The zero-order chi connectivity index (χ0) is 20.3. The maximum atomic E-state index is 5.71. The van der Waals surface area contributed by atoms with Crippen LogP contribution in [-0.4, -0.2) is 51.7 Å². The van der Waals surface area contributed by atoms with E-state index in [1.54, 1.807) is 0 Å². The maximum absolute atomic E-state index is 5.71. The van der Waals surface area contributed by atoms with E-state index in [0.29, 0.717) is 12.6 Å². The number of nitrogens with one attached hydrogen (secondary N) is 1. The van der Waals surface area contributed by atoms with Crippen LogP contribution in [0.15, 0.2) is 60.7 Å². The number of anilines is 1. The summed E-state index contributed by atoms with van der Waals surface area (Å²) in [5.41, 5.74) is 9.93. The summed E-state index contributed by atoms with van der Waals surface area (Å²) in [6, 6.07) is 21.3. The molecule has 3 N–H and O–H groups in total. The van der Waals surface area contributed by atoms with Crippen molar-refractivity contribution in [3.05, 3.63) is 66.4 Å². The topological polar surface area (TPSA) is 72.0 Å². The molecule has 1 saturated heterocycles. The lowest BCUT2D eigenvalue weighted by molar-refractivity contribution is 0.224. The molecule has 6 nitrogen and oxygen atoms in total. The third-order valence-electron chi connectivity index (χ3n) is 6.00. The van der Waals surface area contributed by atoms with Gasteiger partial charge in [0.05, 0.1) is 28.8 Å². The van der Waals surface area contributed by atoms with E-state index in [0.717, 1.165) is 67.2 Å². The van der Waals surface area contributed by atoms with Gasteiger partial charge in [0.1, 0.15) is 0 Å². The third-order valence-corrected chi connectivity index (χ3v) is 6.00. The summed E-state index contributed by atoms with van der Waals surface area (Å²) in [6.07, 6.45) is 2.22. The van der Waals surface area contributed by atoms with Gasteiger partial charge in [-0.2, -0.15) is 0 Å². The van der Waals surface area contributed by atoms with E-state index in [9.17, 15) is 0 Å². The highest BCUT2D eigenvalue weighted by molar-refractivity contribution is 5.80. The van der Waals surface area contributed by atoms with Gasteiger partial charge in [0.2, 0.25) is 5.95 Å². The largest absolute Gasteiger partial charge is 0.353 e. The van der Waals surface area contributed by atoms with E-state index in [2.05, 4.69) is 57.2 Å². The second-order valence-corrected chi connectivity index (χ2v) is 8.05. The van der Waals surface area contributed by atoms with Crippen molar-refractivity contribution in [1.82, 2.24) is 19.4 Å². The molecule has 1 aliphatic rings. The van der Waals surface area contributed by atoms with Gasteiger partial charge in [-0.05, 0) is 37.1 Å². The molecule has 0 atom stereocenters. The van der Waals surface area contributed by atoms with Crippen molar-refractivity contribution in [3.8, 4) is 0 Å². The fourth-order valence-corrected chi connectivity index (χ4v) is 4.37. The quantitative estimate of drug-likeness (QED) is 0.519. The number of benzene rings is 2. The smallest absolute Gasteiger partial charge is 0.204 e. The molecule has 30 heavy (non-hydrogen) atoms. The summed E-state index contributed by atoms with van der Waals surface area (Å²) in [4.78, 5) is 12.2. The molecule has 0 radical (unpaired) electrons. The third kappa shape index (κ3) is 3.88. The maximum Gasteiger partial charge on any atom is 0.204 e. The van der Waals surface area contributed by atoms with Crippen LogP contribution in [0.1, 0.15) is 18.5 Å². The van der Waals surface area contributed by atoms with E-state index >= 15 is 0 Å². The highest BCUT2D eigenvalue weighted by atomic mass is 15.2. The molecule has 1 aliphatic heterocycles. The van der Waals surface area contributed by atoms with Gasteiger partial charge in [0.25, 0.3) is 0 Å². The molecule has 2 aromatic heterocycles. The fraction of sp³-hybridized carbons (Fsp3) is 0.333. The molecule has 6 heteroatoms. The molecule has 1 fully saturated rings. The number of fused-ring (bicyclic) bond motifs is 2. The van der Waals surface area contributed by atoms with Crippen LogP contribution in [0.25, 0.3) is 21.9 Å². The van der Waals surface area contributed by atoms with E-state index in [1.165, 1.54) is 5.39 Å². The highest BCUT2D eigenvalue weighted by Gasteiger charge is 2.21. The standard InChI is InChI=1S/C24H28N6/c25-13-16-29-14-11-19(12-15-29)27-24-28-22-7-3-4-8-23(22)30(24)17-20-10-9-18-5-1-2-6-21(18)26-20/h1-10,19H,11-17,25H2,(H,27,28). The van der Waals surface area contributed by atoms with Gasteiger partial charge in [0, 0.05) is 37.6 Å². The van der Waals surface area contributed by atoms with Crippen LogP contribution in [0.4, 0.5) is 5.95 Å². The highest BCUT2D eigenvalue weighted by Crippen LogP contribution is 2.24. The minimum atomic E-state index is 0.430. The van der Waals surface area contributed by atoms with Gasteiger partial charge < -0.3 is 20.5 Å². The Morgan fingerprint density at radius 2 is 1.67 bits per heavy atom. The van der Waals surface area contributed by atoms with Gasteiger partial charge in [-0.1, -0.05) is 36.4 Å². The minimum Gasteiger partial charge on any atom is -0.353 e. The van der Waals surface area contributed by atoms with Gasteiger partial charge in [0.15, 0.2) is 0 Å². The van der Waals surface area contributed by atoms with Crippen LogP contribution in [0.2, 0.25) is 0 Å². The minimum absolute atomic E-state index is 0.430. The number of rotatable bonds is 6. The van der Waals surface area contributed by atoms with E-state index in [-0.39, 0.29) is 0 Å². The zero-order valence-electron chi connectivity index (χ0n) is 17.2. The average Bonchev–Trinajstić information content (AvgIpc) is 3.12. The predicted octanol–water partition coefficient (Wildman–Crippen LogP) is 3.47. The van der Waals surface area contributed by atoms with Crippen LogP contribution in [0.3, 0.4) is 0 Å². The van der Waals surface area contributed by atoms with Gasteiger partial charge in [-0.3, -0.25) is 4.98 Å². The molecule has 0 spiro atoms. The van der Waals surface area contributed by atoms with E-state index in [1.807, 2.05) is 18.2 Å². The number of likely N-dealkylation sites (tertiary alicyclic amines) is 1. The number of piperidine rings is 1. The summed E-state index contributed by atoms with van der Waals surface area (Å²) in [5.74, 6) is 0.934. The van der Waals surface area contributed by atoms with Gasteiger partial charge in [-0.25, -0.2) is 4.98 Å².